The molecule has 0 amide bonds. The number of fused-ring (bicyclic) bond motifs is 1. The molecular formula is C25H31F2N3O3S2. The number of nitrogens with one attached hydrogen (secondary N) is 1. The number of halogens is 2. The highest BCUT2D eigenvalue weighted by Gasteiger charge is 2.30. The van der Waals surface area contributed by atoms with E-state index in [2.05, 4.69) is 10.3 Å². The molecule has 1 saturated carbocycles. The quantitative estimate of drug-likeness (QED) is 0.368. The van der Waals surface area contributed by atoms with Gasteiger partial charge in [0.05, 0.1) is 21.2 Å². The average Bonchev–Trinajstić information content (AvgIpc) is 3.47. The SMILES string of the molecule is CC(C)CN(C[C@@H](O)[C@@H](C)Cc1cc(F)cc(F)c1)S(=O)(=O)c1ccc2nc(NC3CC3)sc2c1. The second-order valence-electron chi connectivity index (χ2n) is 9.81. The van der Waals surface area contributed by atoms with Gasteiger partial charge in [-0.1, -0.05) is 32.1 Å². The number of thiazole rings is 1. The molecule has 0 unspecified atom stereocenters. The van der Waals surface area contributed by atoms with Crippen molar-refractivity contribution in [2.45, 2.75) is 57.1 Å². The molecule has 1 fully saturated rings. The minimum atomic E-state index is -3.89. The van der Waals surface area contributed by atoms with Crippen molar-refractivity contribution in [1.82, 2.24) is 9.29 Å². The highest BCUT2D eigenvalue weighted by atomic mass is 32.2. The molecule has 0 bridgehead atoms. The van der Waals surface area contributed by atoms with Crippen molar-refractivity contribution in [3.63, 3.8) is 0 Å². The van der Waals surface area contributed by atoms with Gasteiger partial charge in [-0.05, 0) is 67.0 Å². The lowest BCUT2D eigenvalue weighted by molar-refractivity contribution is 0.0919. The number of benzene rings is 2. The zero-order valence-electron chi connectivity index (χ0n) is 20.0. The van der Waals surface area contributed by atoms with Gasteiger partial charge in [0.1, 0.15) is 11.6 Å². The summed E-state index contributed by atoms with van der Waals surface area (Å²) in [6.45, 7) is 5.68. The molecule has 2 aromatic carbocycles. The van der Waals surface area contributed by atoms with Crippen LogP contribution >= 0.6 is 11.3 Å². The van der Waals surface area contributed by atoms with E-state index in [1.165, 1.54) is 27.8 Å². The Bertz CT molecular complexity index is 1270. The van der Waals surface area contributed by atoms with E-state index in [-0.39, 0.29) is 30.3 Å². The second kappa shape index (κ2) is 10.5. The molecule has 35 heavy (non-hydrogen) atoms. The fourth-order valence-electron chi connectivity index (χ4n) is 3.98. The second-order valence-corrected chi connectivity index (χ2v) is 12.8. The van der Waals surface area contributed by atoms with Gasteiger partial charge in [0, 0.05) is 25.2 Å². The van der Waals surface area contributed by atoms with Crippen LogP contribution in [0.15, 0.2) is 41.3 Å². The van der Waals surface area contributed by atoms with Gasteiger partial charge in [0.15, 0.2) is 5.13 Å². The van der Waals surface area contributed by atoms with Crippen molar-refractivity contribution in [2.75, 3.05) is 18.4 Å². The Hall–Kier alpha value is -2.14. The number of aromatic nitrogens is 1. The number of aliphatic hydroxyl groups is 1. The predicted octanol–water partition coefficient (Wildman–Crippen LogP) is 5.04. The van der Waals surface area contributed by atoms with Gasteiger partial charge in [-0.2, -0.15) is 4.31 Å². The molecule has 0 radical (unpaired) electrons. The molecule has 10 heteroatoms. The number of rotatable bonds is 11. The van der Waals surface area contributed by atoms with E-state index in [0.717, 1.165) is 34.3 Å². The van der Waals surface area contributed by atoms with E-state index in [1.807, 2.05) is 13.8 Å². The largest absolute Gasteiger partial charge is 0.391 e. The first-order valence-corrected chi connectivity index (χ1v) is 14.1. The van der Waals surface area contributed by atoms with Crippen LogP contribution in [0.1, 0.15) is 39.2 Å². The zero-order chi connectivity index (χ0) is 25.3. The summed E-state index contributed by atoms with van der Waals surface area (Å²) in [5.41, 5.74) is 1.15. The maximum Gasteiger partial charge on any atom is 0.243 e. The molecule has 1 aliphatic rings. The monoisotopic (exact) mass is 523 g/mol. The van der Waals surface area contributed by atoms with Crippen LogP contribution in [0.25, 0.3) is 10.2 Å². The first kappa shape index (κ1) is 25.9. The van der Waals surface area contributed by atoms with Gasteiger partial charge < -0.3 is 10.4 Å². The van der Waals surface area contributed by atoms with Crippen LogP contribution in [0.3, 0.4) is 0 Å². The van der Waals surface area contributed by atoms with Crippen LogP contribution in [0, 0.1) is 23.5 Å². The van der Waals surface area contributed by atoms with Gasteiger partial charge in [0.25, 0.3) is 0 Å². The molecule has 4 rings (SSSR count). The molecule has 0 aliphatic heterocycles. The maximum atomic E-state index is 13.6. The molecule has 0 saturated heterocycles. The summed E-state index contributed by atoms with van der Waals surface area (Å²) in [5.74, 6) is -1.74. The van der Waals surface area contributed by atoms with Crippen molar-refractivity contribution in [2.24, 2.45) is 11.8 Å². The lowest BCUT2D eigenvalue weighted by Crippen LogP contribution is -2.42. The van der Waals surface area contributed by atoms with Crippen molar-refractivity contribution in [3.05, 3.63) is 53.6 Å². The van der Waals surface area contributed by atoms with Crippen LogP contribution in [0.2, 0.25) is 0 Å². The van der Waals surface area contributed by atoms with Crippen molar-refractivity contribution in [1.29, 1.82) is 0 Å². The van der Waals surface area contributed by atoms with Crippen LogP contribution in [-0.4, -0.2) is 48.0 Å². The number of aliphatic hydroxyl groups excluding tert-OH is 1. The van der Waals surface area contributed by atoms with Crippen molar-refractivity contribution in [3.8, 4) is 0 Å². The predicted molar refractivity (Wildman–Crippen MR) is 135 cm³/mol. The van der Waals surface area contributed by atoms with Crippen LogP contribution in [-0.2, 0) is 16.4 Å². The lowest BCUT2D eigenvalue weighted by atomic mass is 9.95. The molecule has 2 atom stereocenters. The maximum absolute atomic E-state index is 13.6. The number of hydrogen-bond acceptors (Lipinski definition) is 6. The third-order valence-electron chi connectivity index (χ3n) is 6.00. The third kappa shape index (κ3) is 6.55. The average molecular weight is 524 g/mol. The van der Waals surface area contributed by atoms with Crippen LogP contribution < -0.4 is 5.32 Å². The first-order chi connectivity index (χ1) is 16.5. The third-order valence-corrected chi connectivity index (χ3v) is 8.78. The number of sulfonamides is 1. The van der Waals surface area contributed by atoms with E-state index in [4.69, 9.17) is 0 Å². The normalized spacial score (nSPS) is 16.2. The molecule has 0 spiro atoms. The number of nitrogens with zero attached hydrogens (tertiary/aromatic N) is 2. The Morgan fingerprint density at radius 2 is 1.80 bits per heavy atom. The summed E-state index contributed by atoms with van der Waals surface area (Å²) in [6, 6.07) is 8.61. The van der Waals surface area contributed by atoms with Crippen LogP contribution in [0.4, 0.5) is 13.9 Å². The summed E-state index contributed by atoms with van der Waals surface area (Å²) in [6.07, 6.45) is 1.44. The minimum Gasteiger partial charge on any atom is -0.391 e. The topological polar surface area (TPSA) is 82.5 Å². The Kier molecular flexibility index (Phi) is 7.75. The molecule has 1 heterocycles. The molecule has 1 aromatic heterocycles. The molecule has 1 aliphatic carbocycles. The van der Waals surface area contributed by atoms with E-state index in [0.29, 0.717) is 11.6 Å². The molecule has 6 nitrogen and oxygen atoms in total. The summed E-state index contributed by atoms with van der Waals surface area (Å²) in [7, 11) is -3.89. The summed E-state index contributed by atoms with van der Waals surface area (Å²) >= 11 is 1.43. The minimum absolute atomic E-state index is 0.0334. The van der Waals surface area contributed by atoms with Gasteiger partial charge in [-0.25, -0.2) is 22.2 Å². The van der Waals surface area contributed by atoms with E-state index in [1.54, 1.807) is 25.1 Å². The highest BCUT2D eigenvalue weighted by Crippen LogP contribution is 2.33. The van der Waals surface area contributed by atoms with Gasteiger partial charge in [-0.3, -0.25) is 0 Å². The Morgan fingerprint density at radius 1 is 1.11 bits per heavy atom. The highest BCUT2D eigenvalue weighted by molar-refractivity contribution is 7.89. The summed E-state index contributed by atoms with van der Waals surface area (Å²) < 4.78 is 56.4. The summed E-state index contributed by atoms with van der Waals surface area (Å²) in [4.78, 5) is 4.69. The Balaban J connectivity index is 1.53. The molecular weight excluding hydrogens is 492 g/mol. The van der Waals surface area contributed by atoms with Crippen molar-refractivity contribution >= 4 is 36.7 Å². The Labute approximate surface area is 209 Å². The van der Waals surface area contributed by atoms with E-state index in [9.17, 15) is 22.3 Å². The summed E-state index contributed by atoms with van der Waals surface area (Å²) in [5, 5.41) is 15.0. The molecule has 2 N–H and O–H groups in total. The van der Waals surface area contributed by atoms with Crippen molar-refractivity contribution < 1.29 is 22.3 Å². The smallest absolute Gasteiger partial charge is 0.243 e. The lowest BCUT2D eigenvalue weighted by Gasteiger charge is -2.29. The van der Waals surface area contributed by atoms with E-state index >= 15 is 0 Å². The number of anilines is 1. The Morgan fingerprint density at radius 3 is 2.43 bits per heavy atom. The fourth-order valence-corrected chi connectivity index (χ4v) is 6.69. The van der Waals surface area contributed by atoms with Crippen LogP contribution in [0.5, 0.6) is 0 Å². The molecule has 190 valence electrons. The van der Waals surface area contributed by atoms with Gasteiger partial charge >= 0.3 is 0 Å². The zero-order valence-corrected chi connectivity index (χ0v) is 21.7. The fraction of sp³-hybridized carbons (Fsp3) is 0.480. The molecule has 3 aromatic rings. The first-order valence-electron chi connectivity index (χ1n) is 11.8. The van der Waals surface area contributed by atoms with Gasteiger partial charge in [-0.15, -0.1) is 0 Å². The standard InChI is InChI=1S/C25H31F2N3O3S2/c1-15(2)13-30(14-23(31)16(3)8-17-9-18(26)11-19(27)10-17)35(32,33)21-6-7-22-24(12-21)34-25(29-22)28-20-4-5-20/h6-7,9-12,15-16,20,23,31H,4-5,8,13-14H2,1-3H3,(H,28,29)/t16-,23+/m0/s1. The number of hydrogen-bond donors (Lipinski definition) is 2. The van der Waals surface area contributed by atoms with E-state index < -0.39 is 33.7 Å². The van der Waals surface area contributed by atoms with Gasteiger partial charge in [0.2, 0.25) is 10.0 Å².